The normalized spacial score (nSPS) is 17.2. The summed E-state index contributed by atoms with van der Waals surface area (Å²) in [6.45, 7) is 0. The van der Waals surface area contributed by atoms with Gasteiger partial charge < -0.3 is 0 Å². The Hall–Kier alpha value is -1.35. The zero-order valence-corrected chi connectivity index (χ0v) is 12.2. The highest BCUT2D eigenvalue weighted by Crippen LogP contribution is 2.46. The zero-order chi connectivity index (χ0) is 21.3. The van der Waals surface area contributed by atoms with E-state index in [1.165, 1.54) is 0 Å². The van der Waals surface area contributed by atoms with Crippen molar-refractivity contribution < 1.29 is 65.7 Å². The Labute approximate surface area is 136 Å². The van der Waals surface area contributed by atoms with Gasteiger partial charge in [-0.25, -0.2) is 26.3 Å². The molecule has 0 unspecified atom stereocenters. The second kappa shape index (κ2) is 7.72. The van der Waals surface area contributed by atoms with Crippen LogP contribution in [0.1, 0.15) is 0 Å². The Kier molecular flexibility index (Phi) is 7.32. The Bertz CT molecular complexity index is 543. The predicted molar refractivity (Wildman–Crippen MR) is 58.3 cm³/mol. The van der Waals surface area contributed by atoms with Crippen molar-refractivity contribution in [3.63, 3.8) is 0 Å². The van der Waals surface area contributed by atoms with Crippen molar-refractivity contribution in [1.29, 1.82) is 0 Å². The minimum absolute atomic E-state index is 1.27. The van der Waals surface area contributed by atoms with Crippen LogP contribution in [0.25, 0.3) is 0 Å². The van der Waals surface area contributed by atoms with E-state index in [0.717, 1.165) is 0 Å². The summed E-state index contributed by atoms with van der Waals surface area (Å²) in [7, 11) is -3.96. The maximum atomic E-state index is 12.9. The van der Waals surface area contributed by atoms with Crippen molar-refractivity contribution in [3.8, 4) is 0 Å². The Morgan fingerprint density at radius 1 is 0.654 bits per heavy atom. The van der Waals surface area contributed by atoms with E-state index >= 15 is 0 Å². The van der Waals surface area contributed by atoms with Crippen LogP contribution < -0.4 is 0 Å². The fourth-order valence-electron chi connectivity index (χ4n) is 0.978. The molecule has 0 aromatic rings. The standard InChI is InChI=1S/C10H4F14OS/c11-3(7(17,18)9(21,22)5(13)14)1-26(25)2-4(12)8(19,20)10(23,24)6(15)16/h1-2,5-6H. The summed E-state index contributed by atoms with van der Waals surface area (Å²) in [5.74, 6) is -32.6. The lowest BCUT2D eigenvalue weighted by Gasteiger charge is -2.24. The van der Waals surface area contributed by atoms with Crippen molar-refractivity contribution in [2.75, 3.05) is 0 Å². The molecule has 1 nitrogen and oxygen atoms in total. The van der Waals surface area contributed by atoms with Crippen molar-refractivity contribution in [2.24, 2.45) is 0 Å². The molecule has 0 aliphatic heterocycles. The molecule has 0 radical (unpaired) electrons. The van der Waals surface area contributed by atoms with Crippen LogP contribution in [-0.4, -0.2) is 40.7 Å². The van der Waals surface area contributed by atoms with Gasteiger partial charge in [0.1, 0.15) is 0 Å². The summed E-state index contributed by atoms with van der Waals surface area (Å²) in [6.07, 6.45) is -10.3. The largest absolute Gasteiger partial charge is 0.375 e. The van der Waals surface area contributed by atoms with Crippen LogP contribution in [0.15, 0.2) is 22.5 Å². The van der Waals surface area contributed by atoms with Crippen molar-refractivity contribution >= 4 is 10.8 Å². The van der Waals surface area contributed by atoms with Gasteiger partial charge >= 0.3 is 36.5 Å². The smallest absolute Gasteiger partial charge is 0.250 e. The van der Waals surface area contributed by atoms with E-state index in [1.807, 2.05) is 0 Å². The molecule has 0 rings (SSSR count). The van der Waals surface area contributed by atoms with Gasteiger partial charge in [-0.1, -0.05) is 0 Å². The fraction of sp³-hybridized carbons (Fsp3) is 0.600. The average Bonchev–Trinajstić information content (AvgIpc) is 2.45. The van der Waals surface area contributed by atoms with Gasteiger partial charge in [0.2, 0.25) is 0 Å². The molecule has 26 heavy (non-hydrogen) atoms. The molecule has 0 atom stereocenters. The van der Waals surface area contributed by atoms with E-state index in [9.17, 15) is 65.7 Å². The quantitative estimate of drug-likeness (QED) is 0.462. The molecule has 0 saturated carbocycles. The first kappa shape index (κ1) is 24.7. The van der Waals surface area contributed by atoms with Crippen LogP contribution in [0, 0.1) is 0 Å². The zero-order valence-electron chi connectivity index (χ0n) is 11.4. The van der Waals surface area contributed by atoms with E-state index < -0.39 is 69.8 Å². The van der Waals surface area contributed by atoms with Gasteiger partial charge in [-0.05, 0) is 0 Å². The Balaban J connectivity index is 5.77. The molecule has 0 bridgehead atoms. The molecule has 0 N–H and O–H groups in total. The average molecular weight is 438 g/mol. The Morgan fingerprint density at radius 2 is 0.885 bits per heavy atom. The summed E-state index contributed by atoms with van der Waals surface area (Å²) in [5, 5.41) is -2.54. The second-order valence-corrected chi connectivity index (χ2v) is 5.38. The third-order valence-electron chi connectivity index (χ3n) is 2.42. The fourth-order valence-corrected chi connectivity index (χ4v) is 1.75. The van der Waals surface area contributed by atoms with Crippen LogP contribution in [0.3, 0.4) is 0 Å². The van der Waals surface area contributed by atoms with Gasteiger partial charge in [-0.15, -0.1) is 0 Å². The van der Waals surface area contributed by atoms with Crippen molar-refractivity contribution in [1.82, 2.24) is 0 Å². The lowest BCUT2D eigenvalue weighted by molar-refractivity contribution is -0.252. The number of allylic oxidation sites excluding steroid dienone is 2. The van der Waals surface area contributed by atoms with Gasteiger partial charge in [0.25, 0.3) is 0 Å². The lowest BCUT2D eigenvalue weighted by Crippen LogP contribution is -2.47. The summed E-state index contributed by atoms with van der Waals surface area (Å²) in [5.41, 5.74) is 0. The number of rotatable bonds is 8. The summed E-state index contributed by atoms with van der Waals surface area (Å²) >= 11 is 0. The number of alkyl halides is 12. The molecule has 0 aromatic carbocycles. The molecular formula is C10H4F14OS. The van der Waals surface area contributed by atoms with E-state index in [4.69, 9.17) is 0 Å². The maximum absolute atomic E-state index is 12.9. The van der Waals surface area contributed by atoms with Crippen molar-refractivity contribution in [2.45, 2.75) is 36.5 Å². The summed E-state index contributed by atoms with van der Waals surface area (Å²) in [4.78, 5) is 0. The van der Waals surface area contributed by atoms with Crippen LogP contribution in [0.5, 0.6) is 0 Å². The molecule has 16 heteroatoms. The number of hydrogen-bond donors (Lipinski definition) is 0. The van der Waals surface area contributed by atoms with E-state index in [0.29, 0.717) is 0 Å². The first-order valence-corrected chi connectivity index (χ1v) is 6.83. The van der Waals surface area contributed by atoms with Crippen LogP contribution in [0.2, 0.25) is 0 Å². The van der Waals surface area contributed by atoms with Crippen LogP contribution >= 0.6 is 0 Å². The molecule has 154 valence electrons. The third kappa shape index (κ3) is 4.49. The van der Waals surface area contributed by atoms with Crippen LogP contribution in [-0.2, 0) is 10.8 Å². The van der Waals surface area contributed by atoms with Gasteiger partial charge in [-0.2, -0.15) is 35.1 Å². The molecule has 0 spiro atoms. The van der Waals surface area contributed by atoms with Gasteiger partial charge in [0, 0.05) is 10.8 Å². The van der Waals surface area contributed by atoms with Gasteiger partial charge in [0.05, 0.1) is 10.8 Å². The monoisotopic (exact) mass is 438 g/mol. The van der Waals surface area contributed by atoms with Crippen molar-refractivity contribution in [3.05, 3.63) is 22.5 Å². The van der Waals surface area contributed by atoms with E-state index in [2.05, 4.69) is 0 Å². The molecular weight excluding hydrogens is 434 g/mol. The first-order chi connectivity index (χ1) is 11.3. The topological polar surface area (TPSA) is 17.1 Å². The lowest BCUT2D eigenvalue weighted by atomic mass is 10.1. The molecule has 0 fully saturated rings. The van der Waals surface area contributed by atoms with E-state index in [1.54, 1.807) is 0 Å². The number of halogens is 14. The SMILES string of the molecule is O=S(C=C(F)C(F)(F)C(F)(F)C(F)F)C=C(F)C(F)(F)C(F)(F)C(F)F. The third-order valence-corrected chi connectivity index (χ3v) is 3.30. The highest BCUT2D eigenvalue weighted by molar-refractivity contribution is 7.90. The molecule has 0 aromatic heterocycles. The number of hydrogen-bond acceptors (Lipinski definition) is 1. The predicted octanol–water partition coefficient (Wildman–Crippen LogP) is 5.43. The molecule has 0 saturated heterocycles. The molecule has 0 amide bonds. The second-order valence-electron chi connectivity index (χ2n) is 4.26. The highest BCUT2D eigenvalue weighted by Gasteiger charge is 2.67. The van der Waals surface area contributed by atoms with E-state index in [-0.39, 0.29) is 0 Å². The minimum Gasteiger partial charge on any atom is -0.250 e. The maximum Gasteiger partial charge on any atom is 0.375 e. The first-order valence-electron chi connectivity index (χ1n) is 5.56. The molecule has 0 aliphatic carbocycles. The van der Waals surface area contributed by atoms with Crippen LogP contribution in [0.4, 0.5) is 61.5 Å². The highest BCUT2D eigenvalue weighted by atomic mass is 32.2. The van der Waals surface area contributed by atoms with Gasteiger partial charge in [0.15, 0.2) is 11.7 Å². The summed E-state index contributed by atoms with van der Waals surface area (Å²) in [6, 6.07) is 0. The Morgan fingerprint density at radius 3 is 1.08 bits per heavy atom. The molecule has 0 aliphatic rings. The molecule has 0 heterocycles. The van der Waals surface area contributed by atoms with Gasteiger partial charge in [-0.3, -0.25) is 4.21 Å². The minimum atomic E-state index is -6.37. The summed E-state index contributed by atoms with van der Waals surface area (Å²) < 4.78 is 185.